The fourth-order valence-corrected chi connectivity index (χ4v) is 6.36. The fraction of sp³-hybridized carbons (Fsp3) is 0.417. The molecule has 1 aromatic carbocycles. The molecule has 0 saturated heterocycles. The standard InChI is InChI=1S/C24H25N3O4S2/c1-24(2,3)31-23(30)27-9-8-17-15(12-27)19(21-25-16-6-4-5-7-18(16)33-21)22(32-17)26-20(29)13-10-14(28)11-13/h4-7,13H,8-12H2,1-3H3,(H,26,29). The smallest absolute Gasteiger partial charge is 0.410 e. The zero-order chi connectivity index (χ0) is 23.3. The van der Waals surface area contributed by atoms with E-state index in [1.54, 1.807) is 27.6 Å². The van der Waals surface area contributed by atoms with Gasteiger partial charge in [-0.1, -0.05) is 12.1 Å². The van der Waals surface area contributed by atoms with Crippen LogP contribution in [0.5, 0.6) is 0 Å². The number of benzene rings is 1. The van der Waals surface area contributed by atoms with Gasteiger partial charge in [-0.2, -0.15) is 0 Å². The Bertz CT molecular complexity index is 1230. The second-order valence-electron chi connectivity index (χ2n) is 9.48. The molecular formula is C24H25N3O4S2. The van der Waals surface area contributed by atoms with Gasteiger partial charge in [0.2, 0.25) is 5.91 Å². The zero-order valence-electron chi connectivity index (χ0n) is 18.8. The number of aromatic nitrogens is 1. The Balaban J connectivity index is 1.52. The van der Waals surface area contributed by atoms with Gasteiger partial charge in [0.25, 0.3) is 0 Å². The van der Waals surface area contributed by atoms with Gasteiger partial charge in [-0.3, -0.25) is 9.59 Å². The number of ketones is 1. The van der Waals surface area contributed by atoms with E-state index in [2.05, 4.69) is 5.32 Å². The second-order valence-corrected chi connectivity index (χ2v) is 11.6. The van der Waals surface area contributed by atoms with Gasteiger partial charge in [-0.25, -0.2) is 9.78 Å². The van der Waals surface area contributed by atoms with Crippen LogP contribution in [0.2, 0.25) is 0 Å². The number of carbonyl (C=O) groups is 3. The first-order chi connectivity index (χ1) is 15.7. The largest absolute Gasteiger partial charge is 0.444 e. The number of hydrogen-bond acceptors (Lipinski definition) is 7. The third-order valence-corrected chi connectivity index (χ3v) is 8.02. The zero-order valence-corrected chi connectivity index (χ0v) is 20.4. The Hall–Kier alpha value is -2.78. The van der Waals surface area contributed by atoms with Crippen LogP contribution in [0.25, 0.3) is 20.8 Å². The maximum atomic E-state index is 12.8. The summed E-state index contributed by atoms with van der Waals surface area (Å²) in [4.78, 5) is 44.6. The molecule has 1 saturated carbocycles. The number of fused-ring (bicyclic) bond motifs is 2. The lowest BCUT2D eigenvalue weighted by Crippen LogP contribution is -2.39. The van der Waals surface area contributed by atoms with Crippen LogP contribution in [0.1, 0.15) is 44.1 Å². The molecule has 0 unspecified atom stereocenters. The Morgan fingerprint density at radius 1 is 1.18 bits per heavy atom. The molecule has 1 fully saturated rings. The van der Waals surface area contributed by atoms with Crippen LogP contribution in [0.3, 0.4) is 0 Å². The highest BCUT2D eigenvalue weighted by atomic mass is 32.1. The number of thiazole rings is 1. The van der Waals surface area contributed by atoms with Crippen LogP contribution in [0.15, 0.2) is 24.3 Å². The number of rotatable bonds is 3. The molecule has 3 heterocycles. The summed E-state index contributed by atoms with van der Waals surface area (Å²) < 4.78 is 6.66. The van der Waals surface area contributed by atoms with Crippen molar-refractivity contribution in [3.8, 4) is 10.6 Å². The number of hydrogen-bond donors (Lipinski definition) is 1. The van der Waals surface area contributed by atoms with E-state index in [9.17, 15) is 14.4 Å². The highest BCUT2D eigenvalue weighted by Gasteiger charge is 2.35. The minimum atomic E-state index is -0.568. The minimum Gasteiger partial charge on any atom is -0.444 e. The fourth-order valence-electron chi connectivity index (χ4n) is 4.05. The number of carbonyl (C=O) groups excluding carboxylic acids is 3. The lowest BCUT2D eigenvalue weighted by molar-refractivity contribution is -0.135. The lowest BCUT2D eigenvalue weighted by atomic mass is 9.83. The van der Waals surface area contributed by atoms with E-state index in [1.807, 2.05) is 45.0 Å². The SMILES string of the molecule is CC(C)(C)OC(=O)N1CCc2sc(NC(=O)C3CC(=O)C3)c(-c3nc4ccccc4s3)c2C1. The summed E-state index contributed by atoms with van der Waals surface area (Å²) >= 11 is 3.12. The van der Waals surface area contributed by atoms with Crippen LogP contribution >= 0.6 is 22.7 Å². The summed E-state index contributed by atoms with van der Waals surface area (Å²) in [7, 11) is 0. The third kappa shape index (κ3) is 4.39. The normalized spacial score (nSPS) is 16.5. The second kappa shape index (κ2) is 8.22. The van der Waals surface area contributed by atoms with Crippen molar-refractivity contribution in [2.24, 2.45) is 5.92 Å². The van der Waals surface area contributed by atoms with Gasteiger partial charge in [0.15, 0.2) is 0 Å². The molecule has 33 heavy (non-hydrogen) atoms. The predicted molar refractivity (Wildman–Crippen MR) is 130 cm³/mol. The number of nitrogens with zero attached hydrogens (tertiary/aromatic N) is 2. The quantitative estimate of drug-likeness (QED) is 0.551. The Morgan fingerprint density at radius 3 is 2.64 bits per heavy atom. The molecule has 0 spiro atoms. The van der Waals surface area contributed by atoms with E-state index in [0.717, 1.165) is 36.2 Å². The highest BCUT2D eigenvalue weighted by Crippen LogP contribution is 2.46. The molecule has 9 heteroatoms. The molecule has 1 N–H and O–H groups in total. The highest BCUT2D eigenvalue weighted by molar-refractivity contribution is 7.22. The third-order valence-electron chi connectivity index (χ3n) is 5.76. The van der Waals surface area contributed by atoms with Gasteiger partial charge in [0.1, 0.15) is 21.4 Å². The van der Waals surface area contributed by atoms with Gasteiger partial charge < -0.3 is 15.0 Å². The average Bonchev–Trinajstić information content (AvgIpc) is 3.29. The maximum absolute atomic E-state index is 12.8. The molecule has 0 radical (unpaired) electrons. The molecular weight excluding hydrogens is 458 g/mol. The van der Waals surface area contributed by atoms with E-state index < -0.39 is 5.60 Å². The van der Waals surface area contributed by atoms with Crippen molar-refractivity contribution in [1.29, 1.82) is 0 Å². The van der Waals surface area contributed by atoms with E-state index in [0.29, 0.717) is 32.4 Å². The molecule has 1 aliphatic heterocycles. The van der Waals surface area contributed by atoms with Crippen molar-refractivity contribution in [2.45, 2.75) is 52.2 Å². The van der Waals surface area contributed by atoms with E-state index >= 15 is 0 Å². The Labute approximate surface area is 199 Å². The monoisotopic (exact) mass is 483 g/mol. The molecule has 7 nitrogen and oxygen atoms in total. The summed E-state index contributed by atoms with van der Waals surface area (Å²) in [5.41, 5.74) is 2.22. The van der Waals surface area contributed by atoms with E-state index in [-0.39, 0.29) is 23.7 Å². The van der Waals surface area contributed by atoms with Crippen LogP contribution in [-0.4, -0.2) is 39.8 Å². The lowest BCUT2D eigenvalue weighted by Gasteiger charge is -2.30. The van der Waals surface area contributed by atoms with Gasteiger partial charge in [0.05, 0.1) is 28.2 Å². The van der Waals surface area contributed by atoms with E-state index in [1.165, 1.54) is 0 Å². The predicted octanol–water partition coefficient (Wildman–Crippen LogP) is 5.24. The van der Waals surface area contributed by atoms with Crippen molar-refractivity contribution in [1.82, 2.24) is 9.88 Å². The van der Waals surface area contributed by atoms with Gasteiger partial charge in [-0.15, -0.1) is 22.7 Å². The first-order valence-electron chi connectivity index (χ1n) is 11.0. The van der Waals surface area contributed by atoms with Crippen molar-refractivity contribution in [3.63, 3.8) is 0 Å². The van der Waals surface area contributed by atoms with Gasteiger partial charge in [-0.05, 0) is 44.9 Å². The first kappa shape index (κ1) is 22.0. The molecule has 0 bridgehead atoms. The molecule has 172 valence electrons. The number of amides is 2. The molecule has 5 rings (SSSR count). The summed E-state index contributed by atoms with van der Waals surface area (Å²) in [6, 6.07) is 7.93. The molecule has 0 atom stereocenters. The molecule has 1 aliphatic carbocycles. The topological polar surface area (TPSA) is 88.6 Å². The van der Waals surface area contributed by atoms with Crippen LogP contribution in [0.4, 0.5) is 9.80 Å². The number of anilines is 1. The molecule has 3 aromatic rings. The van der Waals surface area contributed by atoms with Crippen LogP contribution in [-0.2, 0) is 27.3 Å². The van der Waals surface area contributed by atoms with Crippen LogP contribution < -0.4 is 5.32 Å². The van der Waals surface area contributed by atoms with Crippen LogP contribution in [0, 0.1) is 5.92 Å². The first-order valence-corrected chi connectivity index (χ1v) is 12.6. The number of Topliss-reactive ketones (excluding diaryl/α,β-unsaturated/α-hetero) is 1. The number of para-hydroxylation sites is 1. The molecule has 2 aromatic heterocycles. The maximum Gasteiger partial charge on any atom is 0.410 e. The van der Waals surface area contributed by atoms with Gasteiger partial charge >= 0.3 is 6.09 Å². The van der Waals surface area contributed by atoms with Crippen molar-refractivity contribution in [2.75, 3.05) is 11.9 Å². The number of ether oxygens (including phenoxy) is 1. The minimum absolute atomic E-state index is 0.125. The van der Waals surface area contributed by atoms with Gasteiger partial charge in [0, 0.05) is 24.3 Å². The number of thiophene rings is 1. The Kier molecular flexibility index (Phi) is 5.49. The molecule has 2 aliphatic rings. The Morgan fingerprint density at radius 2 is 1.94 bits per heavy atom. The molecule has 2 amide bonds. The summed E-state index contributed by atoms with van der Waals surface area (Å²) in [6.07, 6.45) is 0.960. The summed E-state index contributed by atoms with van der Waals surface area (Å²) in [6.45, 7) is 6.54. The van der Waals surface area contributed by atoms with Crippen molar-refractivity contribution in [3.05, 3.63) is 34.7 Å². The van der Waals surface area contributed by atoms with Crippen molar-refractivity contribution >= 4 is 55.7 Å². The number of nitrogens with one attached hydrogen (secondary N) is 1. The van der Waals surface area contributed by atoms with Crippen molar-refractivity contribution < 1.29 is 19.1 Å². The average molecular weight is 484 g/mol. The summed E-state index contributed by atoms with van der Waals surface area (Å²) in [5.74, 6) is -0.266. The van der Waals surface area contributed by atoms with E-state index in [4.69, 9.17) is 9.72 Å². The summed E-state index contributed by atoms with van der Waals surface area (Å²) in [5, 5.41) is 4.64.